The van der Waals surface area contributed by atoms with Crippen molar-refractivity contribution in [2.24, 2.45) is 5.73 Å². The largest absolute Gasteiger partial charge is 0.493 e. The number of hydrogen-bond acceptors (Lipinski definition) is 4. The third-order valence-electron chi connectivity index (χ3n) is 2.57. The molecule has 15 heavy (non-hydrogen) atoms. The van der Waals surface area contributed by atoms with Crippen LogP contribution in [0, 0.1) is 0 Å². The molecule has 1 aliphatic heterocycles. The molecule has 4 heteroatoms. The summed E-state index contributed by atoms with van der Waals surface area (Å²) in [6, 6.07) is 3.80. The Morgan fingerprint density at radius 3 is 2.60 bits per heavy atom. The van der Waals surface area contributed by atoms with Gasteiger partial charge in [0.2, 0.25) is 0 Å². The third-order valence-corrected chi connectivity index (χ3v) is 2.57. The van der Waals surface area contributed by atoms with Crippen LogP contribution in [0.1, 0.15) is 5.56 Å². The maximum atomic E-state index is 5.64. The van der Waals surface area contributed by atoms with Crippen LogP contribution >= 0.6 is 0 Å². The average Bonchev–Trinajstić information content (AvgIpc) is 2.68. The number of benzene rings is 1. The summed E-state index contributed by atoms with van der Waals surface area (Å²) in [6.07, 6.45) is 0.920. The molecule has 0 radical (unpaired) electrons. The Labute approximate surface area is 88.9 Å². The maximum Gasteiger partial charge on any atom is 0.164 e. The summed E-state index contributed by atoms with van der Waals surface area (Å²) in [7, 11) is 3.24. The minimum Gasteiger partial charge on any atom is -0.493 e. The van der Waals surface area contributed by atoms with Crippen LogP contribution in [0.2, 0.25) is 0 Å². The molecule has 0 aliphatic carbocycles. The van der Waals surface area contributed by atoms with Gasteiger partial charge in [-0.05, 0) is 6.07 Å². The molecule has 2 N–H and O–H groups in total. The average molecular weight is 209 g/mol. The summed E-state index contributed by atoms with van der Waals surface area (Å²) in [5.74, 6) is 2.27. The van der Waals surface area contributed by atoms with Crippen molar-refractivity contribution in [1.82, 2.24) is 0 Å². The lowest BCUT2D eigenvalue weighted by Crippen LogP contribution is -2.24. The molecule has 0 saturated carbocycles. The van der Waals surface area contributed by atoms with Crippen LogP contribution in [0.15, 0.2) is 12.1 Å². The van der Waals surface area contributed by atoms with E-state index in [0.29, 0.717) is 12.3 Å². The lowest BCUT2D eigenvalue weighted by atomic mass is 10.1. The zero-order chi connectivity index (χ0) is 10.8. The van der Waals surface area contributed by atoms with E-state index in [4.69, 9.17) is 19.9 Å². The molecule has 82 valence electrons. The van der Waals surface area contributed by atoms with E-state index < -0.39 is 0 Å². The smallest absolute Gasteiger partial charge is 0.164 e. The van der Waals surface area contributed by atoms with Crippen LogP contribution < -0.4 is 19.9 Å². The lowest BCUT2D eigenvalue weighted by molar-refractivity contribution is 0.240. The minimum atomic E-state index is 0.0804. The zero-order valence-electron chi connectivity index (χ0n) is 8.95. The van der Waals surface area contributed by atoms with Crippen molar-refractivity contribution >= 4 is 0 Å². The molecule has 1 aromatic carbocycles. The van der Waals surface area contributed by atoms with E-state index in [1.54, 1.807) is 14.2 Å². The fraction of sp³-hybridized carbons (Fsp3) is 0.455. The second-order valence-electron chi connectivity index (χ2n) is 3.49. The molecule has 1 unspecified atom stereocenters. The Bertz CT molecular complexity index is 332. The van der Waals surface area contributed by atoms with Gasteiger partial charge in [0.15, 0.2) is 11.5 Å². The zero-order valence-corrected chi connectivity index (χ0v) is 8.95. The van der Waals surface area contributed by atoms with Gasteiger partial charge in [-0.2, -0.15) is 0 Å². The van der Waals surface area contributed by atoms with Crippen LogP contribution in [0.25, 0.3) is 0 Å². The molecule has 1 aromatic rings. The van der Waals surface area contributed by atoms with Gasteiger partial charge in [-0.3, -0.25) is 0 Å². The second-order valence-corrected chi connectivity index (χ2v) is 3.49. The number of rotatable bonds is 3. The Balaban J connectivity index is 2.35. The summed E-state index contributed by atoms with van der Waals surface area (Å²) in [5.41, 5.74) is 6.69. The van der Waals surface area contributed by atoms with Gasteiger partial charge in [0.1, 0.15) is 11.9 Å². The molecular formula is C11H15NO3. The van der Waals surface area contributed by atoms with E-state index in [2.05, 4.69) is 0 Å². The molecule has 0 bridgehead atoms. The van der Waals surface area contributed by atoms with E-state index in [1.807, 2.05) is 12.1 Å². The van der Waals surface area contributed by atoms with Gasteiger partial charge >= 0.3 is 0 Å². The van der Waals surface area contributed by atoms with Crippen LogP contribution in [-0.2, 0) is 6.42 Å². The normalized spacial score (nSPS) is 18.2. The standard InChI is InChI=1S/C11H15NO3/c1-13-10-4-7-3-8(6-12)15-9(7)5-11(10)14-2/h4-5,8H,3,6,12H2,1-2H3. The first-order chi connectivity index (χ1) is 7.28. The third kappa shape index (κ3) is 1.72. The van der Waals surface area contributed by atoms with Crippen LogP contribution in [0.4, 0.5) is 0 Å². The Morgan fingerprint density at radius 1 is 1.33 bits per heavy atom. The summed E-state index contributed by atoms with van der Waals surface area (Å²) < 4.78 is 16.1. The molecular weight excluding hydrogens is 194 g/mol. The van der Waals surface area contributed by atoms with Gasteiger partial charge in [0, 0.05) is 24.6 Å². The topological polar surface area (TPSA) is 53.7 Å². The van der Waals surface area contributed by atoms with Gasteiger partial charge in [0.05, 0.1) is 14.2 Å². The quantitative estimate of drug-likeness (QED) is 0.805. The maximum absolute atomic E-state index is 5.64. The Kier molecular flexibility index (Phi) is 2.68. The predicted molar refractivity (Wildman–Crippen MR) is 56.7 cm³/mol. The monoisotopic (exact) mass is 209 g/mol. The van der Waals surface area contributed by atoms with E-state index in [-0.39, 0.29) is 6.10 Å². The van der Waals surface area contributed by atoms with Crippen molar-refractivity contribution in [2.45, 2.75) is 12.5 Å². The highest BCUT2D eigenvalue weighted by atomic mass is 16.5. The molecule has 4 nitrogen and oxygen atoms in total. The van der Waals surface area contributed by atoms with Crippen LogP contribution in [0.3, 0.4) is 0 Å². The van der Waals surface area contributed by atoms with Crippen molar-refractivity contribution in [3.63, 3.8) is 0 Å². The molecule has 0 amide bonds. The van der Waals surface area contributed by atoms with Crippen molar-refractivity contribution in [2.75, 3.05) is 20.8 Å². The van der Waals surface area contributed by atoms with Crippen LogP contribution in [0.5, 0.6) is 17.2 Å². The van der Waals surface area contributed by atoms with E-state index in [9.17, 15) is 0 Å². The highest BCUT2D eigenvalue weighted by Crippen LogP contribution is 2.38. The first kappa shape index (κ1) is 10.1. The SMILES string of the molecule is COc1cc2c(cc1OC)OC(CN)C2. The number of methoxy groups -OCH3 is 2. The predicted octanol–water partition coefficient (Wildman–Crippen LogP) is 0.966. The molecule has 0 fully saturated rings. The van der Waals surface area contributed by atoms with Gasteiger partial charge in [0.25, 0.3) is 0 Å². The summed E-state index contributed by atoms with van der Waals surface area (Å²) in [6.45, 7) is 0.527. The molecule has 0 spiro atoms. The Hall–Kier alpha value is -1.42. The Morgan fingerprint density at radius 2 is 2.00 bits per heavy atom. The first-order valence-corrected chi connectivity index (χ1v) is 4.90. The molecule has 0 aromatic heterocycles. The molecule has 1 heterocycles. The van der Waals surface area contributed by atoms with Crippen LogP contribution in [-0.4, -0.2) is 26.9 Å². The molecule has 0 saturated heterocycles. The number of nitrogens with two attached hydrogens (primary N) is 1. The second kappa shape index (κ2) is 3.98. The molecule has 2 rings (SSSR count). The first-order valence-electron chi connectivity index (χ1n) is 4.90. The van der Waals surface area contributed by atoms with E-state index >= 15 is 0 Å². The van der Waals surface area contributed by atoms with Gasteiger partial charge in [-0.15, -0.1) is 0 Å². The fourth-order valence-corrected chi connectivity index (χ4v) is 1.77. The van der Waals surface area contributed by atoms with Gasteiger partial charge in [-0.1, -0.05) is 0 Å². The fourth-order valence-electron chi connectivity index (χ4n) is 1.77. The minimum absolute atomic E-state index is 0.0804. The molecule has 1 atom stereocenters. The van der Waals surface area contributed by atoms with Gasteiger partial charge in [-0.25, -0.2) is 0 Å². The summed E-state index contributed by atoms with van der Waals surface area (Å²) in [4.78, 5) is 0. The highest BCUT2D eigenvalue weighted by molar-refractivity contribution is 5.52. The van der Waals surface area contributed by atoms with E-state index in [1.165, 1.54) is 0 Å². The van der Waals surface area contributed by atoms with Crippen molar-refractivity contribution in [3.8, 4) is 17.2 Å². The van der Waals surface area contributed by atoms with Gasteiger partial charge < -0.3 is 19.9 Å². The van der Waals surface area contributed by atoms with Crippen molar-refractivity contribution in [3.05, 3.63) is 17.7 Å². The molecule has 1 aliphatic rings. The summed E-state index contributed by atoms with van der Waals surface area (Å²) in [5, 5.41) is 0. The number of hydrogen-bond donors (Lipinski definition) is 1. The number of fused-ring (bicyclic) bond motifs is 1. The number of ether oxygens (including phenoxy) is 3. The van der Waals surface area contributed by atoms with E-state index in [0.717, 1.165) is 23.5 Å². The summed E-state index contributed by atoms with van der Waals surface area (Å²) >= 11 is 0. The highest BCUT2D eigenvalue weighted by Gasteiger charge is 2.24. The lowest BCUT2D eigenvalue weighted by Gasteiger charge is -2.09. The van der Waals surface area contributed by atoms with Crippen molar-refractivity contribution in [1.29, 1.82) is 0 Å². The van der Waals surface area contributed by atoms with Crippen molar-refractivity contribution < 1.29 is 14.2 Å².